The number of anilines is 1. The minimum absolute atomic E-state index is 0.163. The van der Waals surface area contributed by atoms with Crippen molar-refractivity contribution >= 4 is 17.6 Å². The second kappa shape index (κ2) is 7.66. The van der Waals surface area contributed by atoms with E-state index in [9.17, 15) is 9.59 Å². The number of benzene rings is 1. The molecule has 0 unspecified atom stereocenters. The lowest BCUT2D eigenvalue weighted by Gasteiger charge is -2.10. The van der Waals surface area contributed by atoms with Crippen molar-refractivity contribution in [2.45, 2.75) is 13.5 Å². The number of urea groups is 1. The average Bonchev–Trinajstić information content (AvgIpc) is 3.06. The second-order valence-corrected chi connectivity index (χ2v) is 4.81. The minimum atomic E-state index is -0.517. The van der Waals surface area contributed by atoms with E-state index in [1.165, 1.54) is 6.26 Å². The Hall–Kier alpha value is -3.27. The van der Waals surface area contributed by atoms with E-state index in [0.29, 0.717) is 17.0 Å². The molecule has 0 radical (unpaired) electrons. The van der Waals surface area contributed by atoms with E-state index in [1.807, 2.05) is 13.0 Å². The fraction of sp³-hybridized carbons (Fsp3) is 0.188. The minimum Gasteiger partial charge on any atom is -0.467 e. The maximum absolute atomic E-state index is 11.8. The van der Waals surface area contributed by atoms with Crippen LogP contribution in [0.15, 0.2) is 41.0 Å². The molecule has 7 nitrogen and oxygen atoms in total. The zero-order valence-corrected chi connectivity index (χ0v) is 12.6. The molecule has 1 heterocycles. The summed E-state index contributed by atoms with van der Waals surface area (Å²) in [5, 5.41) is 16.5. The van der Waals surface area contributed by atoms with Crippen LogP contribution in [0.4, 0.5) is 10.5 Å². The number of amides is 3. The topological polar surface area (TPSA) is 107 Å². The molecule has 0 spiro atoms. The lowest BCUT2D eigenvalue weighted by molar-refractivity contribution is -0.120. The van der Waals surface area contributed by atoms with Crippen molar-refractivity contribution in [3.8, 4) is 6.07 Å². The van der Waals surface area contributed by atoms with E-state index in [2.05, 4.69) is 16.0 Å². The summed E-state index contributed by atoms with van der Waals surface area (Å²) in [5.74, 6) is 0.297. The highest BCUT2D eigenvalue weighted by Gasteiger charge is 2.08. The zero-order chi connectivity index (χ0) is 16.7. The Labute approximate surface area is 133 Å². The van der Waals surface area contributed by atoms with Gasteiger partial charge >= 0.3 is 6.03 Å². The third kappa shape index (κ3) is 4.89. The Morgan fingerprint density at radius 2 is 2.09 bits per heavy atom. The predicted octanol–water partition coefficient (Wildman–Crippen LogP) is 1.90. The van der Waals surface area contributed by atoms with Crippen LogP contribution in [0.3, 0.4) is 0 Å². The number of carbonyl (C=O) groups is 2. The third-order valence-electron chi connectivity index (χ3n) is 3.06. The van der Waals surface area contributed by atoms with Crippen molar-refractivity contribution < 1.29 is 14.0 Å². The number of rotatable bonds is 5. The molecule has 0 fully saturated rings. The Morgan fingerprint density at radius 1 is 1.26 bits per heavy atom. The average molecular weight is 312 g/mol. The van der Waals surface area contributed by atoms with Crippen LogP contribution in [0.25, 0.3) is 0 Å². The standard InChI is InChI=1S/C16H16N4O3/c1-11-4-5-12(8-17)7-14(11)20-16(22)19-10-15(21)18-9-13-3-2-6-23-13/h2-7H,9-10H2,1H3,(H,18,21)(H2,19,20,22). The van der Waals surface area contributed by atoms with Crippen LogP contribution in [0.2, 0.25) is 0 Å². The van der Waals surface area contributed by atoms with Crippen LogP contribution in [0, 0.1) is 18.3 Å². The molecule has 0 atom stereocenters. The van der Waals surface area contributed by atoms with Gasteiger partial charge in [-0.25, -0.2) is 4.79 Å². The number of carbonyl (C=O) groups excluding carboxylic acids is 2. The summed E-state index contributed by atoms with van der Waals surface area (Å²) in [5.41, 5.74) is 1.79. The van der Waals surface area contributed by atoms with Gasteiger partial charge in [0.2, 0.25) is 5.91 Å². The molecular weight excluding hydrogens is 296 g/mol. The van der Waals surface area contributed by atoms with Gasteiger partial charge < -0.3 is 20.4 Å². The molecule has 3 amide bonds. The summed E-state index contributed by atoms with van der Waals surface area (Å²) in [4.78, 5) is 23.4. The van der Waals surface area contributed by atoms with Crippen molar-refractivity contribution in [2.75, 3.05) is 11.9 Å². The number of nitriles is 1. The summed E-state index contributed by atoms with van der Waals surface area (Å²) >= 11 is 0. The molecule has 0 aliphatic heterocycles. The van der Waals surface area contributed by atoms with E-state index in [-0.39, 0.29) is 19.0 Å². The second-order valence-electron chi connectivity index (χ2n) is 4.81. The van der Waals surface area contributed by atoms with Crippen LogP contribution in [-0.2, 0) is 11.3 Å². The first kappa shape index (κ1) is 16.1. The van der Waals surface area contributed by atoms with E-state index in [4.69, 9.17) is 9.68 Å². The molecule has 118 valence electrons. The lowest BCUT2D eigenvalue weighted by Crippen LogP contribution is -2.38. The van der Waals surface area contributed by atoms with Gasteiger partial charge in [-0.1, -0.05) is 6.07 Å². The summed E-state index contributed by atoms with van der Waals surface area (Å²) in [7, 11) is 0. The number of hydrogen-bond donors (Lipinski definition) is 3. The van der Waals surface area contributed by atoms with Crippen LogP contribution in [-0.4, -0.2) is 18.5 Å². The van der Waals surface area contributed by atoms with Gasteiger partial charge in [-0.2, -0.15) is 5.26 Å². The molecular formula is C16H16N4O3. The first-order valence-corrected chi connectivity index (χ1v) is 6.93. The SMILES string of the molecule is Cc1ccc(C#N)cc1NC(=O)NCC(=O)NCc1ccco1. The molecule has 2 aromatic rings. The van der Waals surface area contributed by atoms with Crippen LogP contribution >= 0.6 is 0 Å². The van der Waals surface area contributed by atoms with Gasteiger partial charge in [-0.3, -0.25) is 4.79 Å². The molecule has 2 rings (SSSR count). The summed E-state index contributed by atoms with van der Waals surface area (Å²) in [6.07, 6.45) is 1.52. The van der Waals surface area contributed by atoms with Crippen molar-refractivity contribution in [2.24, 2.45) is 0 Å². The highest BCUT2D eigenvalue weighted by atomic mass is 16.3. The number of hydrogen-bond acceptors (Lipinski definition) is 4. The molecule has 1 aromatic carbocycles. The summed E-state index contributed by atoms with van der Waals surface area (Å²) in [6.45, 7) is 1.91. The highest BCUT2D eigenvalue weighted by molar-refractivity contribution is 5.93. The molecule has 1 aromatic heterocycles. The lowest BCUT2D eigenvalue weighted by atomic mass is 10.1. The molecule has 0 aliphatic carbocycles. The highest BCUT2D eigenvalue weighted by Crippen LogP contribution is 2.16. The number of aryl methyl sites for hydroxylation is 1. The van der Waals surface area contributed by atoms with Gasteiger partial charge in [0.1, 0.15) is 5.76 Å². The normalized spacial score (nSPS) is 9.74. The first-order valence-electron chi connectivity index (χ1n) is 6.93. The van der Waals surface area contributed by atoms with Gasteiger partial charge in [0, 0.05) is 5.69 Å². The molecule has 0 aliphatic rings. The zero-order valence-electron chi connectivity index (χ0n) is 12.6. The summed E-state index contributed by atoms with van der Waals surface area (Å²) in [6, 6.07) is 9.94. The Bertz CT molecular complexity index is 732. The third-order valence-corrected chi connectivity index (χ3v) is 3.06. The smallest absolute Gasteiger partial charge is 0.319 e. The van der Waals surface area contributed by atoms with Crippen molar-refractivity contribution in [3.63, 3.8) is 0 Å². The van der Waals surface area contributed by atoms with Gasteiger partial charge in [0.05, 0.1) is 31.0 Å². The van der Waals surface area contributed by atoms with E-state index < -0.39 is 6.03 Å². The Kier molecular flexibility index (Phi) is 5.36. The predicted molar refractivity (Wildman–Crippen MR) is 83.5 cm³/mol. The van der Waals surface area contributed by atoms with Crippen LogP contribution < -0.4 is 16.0 Å². The maximum atomic E-state index is 11.8. The van der Waals surface area contributed by atoms with Gasteiger partial charge in [-0.05, 0) is 36.8 Å². The maximum Gasteiger partial charge on any atom is 0.319 e. The molecule has 0 saturated carbocycles. The fourth-order valence-electron chi connectivity index (χ4n) is 1.81. The number of nitrogens with zero attached hydrogens (tertiary/aromatic N) is 1. The molecule has 3 N–H and O–H groups in total. The summed E-state index contributed by atoms with van der Waals surface area (Å²) < 4.78 is 5.08. The Morgan fingerprint density at radius 3 is 2.78 bits per heavy atom. The van der Waals surface area contributed by atoms with Gasteiger partial charge in [0.15, 0.2) is 0 Å². The molecule has 0 bridgehead atoms. The van der Waals surface area contributed by atoms with Crippen LogP contribution in [0.1, 0.15) is 16.9 Å². The van der Waals surface area contributed by atoms with E-state index in [0.717, 1.165) is 5.56 Å². The largest absolute Gasteiger partial charge is 0.467 e. The monoisotopic (exact) mass is 312 g/mol. The van der Waals surface area contributed by atoms with Crippen molar-refractivity contribution in [3.05, 3.63) is 53.5 Å². The van der Waals surface area contributed by atoms with Gasteiger partial charge in [-0.15, -0.1) is 0 Å². The fourth-order valence-corrected chi connectivity index (χ4v) is 1.81. The first-order chi connectivity index (χ1) is 11.1. The van der Waals surface area contributed by atoms with Crippen molar-refractivity contribution in [1.29, 1.82) is 5.26 Å². The number of furan rings is 1. The molecule has 0 saturated heterocycles. The van der Waals surface area contributed by atoms with Crippen LogP contribution in [0.5, 0.6) is 0 Å². The molecule has 7 heteroatoms. The number of nitrogens with one attached hydrogen (secondary N) is 3. The van der Waals surface area contributed by atoms with E-state index in [1.54, 1.807) is 30.3 Å². The molecule has 23 heavy (non-hydrogen) atoms. The van der Waals surface area contributed by atoms with Crippen molar-refractivity contribution in [1.82, 2.24) is 10.6 Å². The quantitative estimate of drug-likeness (QED) is 0.783. The van der Waals surface area contributed by atoms with Gasteiger partial charge in [0.25, 0.3) is 0 Å². The van der Waals surface area contributed by atoms with E-state index >= 15 is 0 Å². The Balaban J connectivity index is 1.78.